The van der Waals surface area contributed by atoms with Gasteiger partial charge < -0.3 is 11.8 Å². The van der Waals surface area contributed by atoms with E-state index in [1.807, 2.05) is 6.07 Å². The molecule has 5 aromatic rings. The number of hydrogen-bond donors (Lipinski definition) is 0. The van der Waals surface area contributed by atoms with Gasteiger partial charge in [-0.1, -0.05) is 192 Å². The van der Waals surface area contributed by atoms with Crippen LogP contribution in [-0.2, 0) is 19.5 Å². The van der Waals surface area contributed by atoms with E-state index in [1.165, 1.54) is 33.2 Å². The Hall–Kier alpha value is -4.98. The molecule has 0 saturated heterocycles. The average molecular weight is 856 g/mol. The van der Waals surface area contributed by atoms with Gasteiger partial charge in [-0.15, -0.1) is 5.57 Å². The van der Waals surface area contributed by atoms with Crippen molar-refractivity contribution in [3.8, 4) is 18.2 Å². The summed E-state index contributed by atoms with van der Waals surface area (Å²) in [5.41, 5.74) is 1.09. The van der Waals surface area contributed by atoms with Gasteiger partial charge in [0.1, 0.15) is 0 Å². The second kappa shape index (κ2) is 26.0. The van der Waals surface area contributed by atoms with Crippen molar-refractivity contribution in [3.63, 3.8) is 0 Å². The van der Waals surface area contributed by atoms with E-state index in [-0.39, 0.29) is 25.1 Å². The van der Waals surface area contributed by atoms with Crippen molar-refractivity contribution in [1.29, 1.82) is 21.0 Å². The van der Waals surface area contributed by atoms with E-state index in [2.05, 4.69) is 162 Å². The standard InChI is InChI=1S/C25H22P2.C13H6N3.C10H20.CN.Ru/c1-5-13-22(14-6-1)26(23-15-7-2-8-16-23)21-27(24-17-9-3-10-18-24)25-19-11-4-12-20-25;14-8-4-7-13(12(9-15)10-16)11-5-2-1-3-6-11;1-6-7(2)9(4)10(5)8(6)3;1-2;/h1-20H,21H2;1-3,5-7H;6-10H,1-5H3;;/q;-1;;-1;+3. The van der Waals surface area contributed by atoms with Crippen LogP contribution < -0.4 is 21.2 Å². The predicted octanol–water partition coefficient (Wildman–Crippen LogP) is 10.9. The number of nitrogens with zero attached hydrogens (tertiary/aromatic N) is 4. The molecule has 56 heavy (non-hydrogen) atoms. The predicted molar refractivity (Wildman–Crippen MR) is 232 cm³/mol. The van der Waals surface area contributed by atoms with Crippen LogP contribution in [0.4, 0.5) is 0 Å². The zero-order chi connectivity index (χ0) is 40.0. The molecule has 5 aromatic carbocycles. The van der Waals surface area contributed by atoms with Gasteiger partial charge in [-0.25, -0.2) is 11.3 Å². The van der Waals surface area contributed by atoms with E-state index < -0.39 is 15.8 Å². The van der Waals surface area contributed by atoms with Crippen LogP contribution in [0.1, 0.15) is 40.2 Å². The second-order valence-electron chi connectivity index (χ2n) is 13.4. The maximum atomic E-state index is 8.80. The minimum atomic E-state index is -0.409. The van der Waals surface area contributed by atoms with Crippen molar-refractivity contribution < 1.29 is 19.5 Å². The molecule has 0 N–H and O–H groups in total. The van der Waals surface area contributed by atoms with Crippen LogP contribution >= 0.6 is 15.8 Å². The smallest absolute Gasteiger partial charge is 0.512 e. The number of allylic oxidation sites excluding steroid dienone is 4. The molecule has 0 amide bonds. The molecule has 1 fully saturated rings. The van der Waals surface area contributed by atoms with Gasteiger partial charge in [0.25, 0.3) is 0 Å². The molecule has 0 bridgehead atoms. The van der Waals surface area contributed by atoms with Crippen LogP contribution in [0, 0.1) is 81.5 Å². The quantitative estimate of drug-likeness (QED) is 0.0511. The Balaban J connectivity index is 0.000000317. The van der Waals surface area contributed by atoms with Gasteiger partial charge >= 0.3 is 19.5 Å². The van der Waals surface area contributed by atoms with Crippen LogP contribution in [0.25, 0.3) is 5.57 Å². The molecule has 0 aliphatic heterocycles. The average Bonchev–Trinajstić information content (AvgIpc) is 3.42. The normalized spacial score (nSPS) is 17.8. The number of benzene rings is 5. The van der Waals surface area contributed by atoms with Gasteiger partial charge in [0.15, 0.2) is 0 Å². The summed E-state index contributed by atoms with van der Waals surface area (Å²) in [5.74, 6) is 5.85. The van der Waals surface area contributed by atoms with Crippen LogP contribution in [0.2, 0.25) is 0 Å². The van der Waals surface area contributed by atoms with Crippen molar-refractivity contribution in [3.05, 3.63) is 182 Å². The molecule has 0 unspecified atom stereocenters. The summed E-state index contributed by atoms with van der Waals surface area (Å²) in [6.07, 6.45) is 3.66. The first kappa shape index (κ1) is 47.2. The molecule has 1 saturated carbocycles. The molecule has 281 valence electrons. The van der Waals surface area contributed by atoms with E-state index >= 15 is 0 Å². The summed E-state index contributed by atoms with van der Waals surface area (Å²) in [5, 5.41) is 38.1. The van der Waals surface area contributed by atoms with Gasteiger partial charge in [0.2, 0.25) is 0 Å². The summed E-state index contributed by atoms with van der Waals surface area (Å²) in [6, 6.07) is 58.4. The Kier molecular flexibility index (Phi) is 21.9. The first-order valence-electron chi connectivity index (χ1n) is 18.4. The van der Waals surface area contributed by atoms with E-state index in [1.54, 1.807) is 42.5 Å². The molecule has 1 aliphatic carbocycles. The fraction of sp³-hybridized carbons (Fsp3) is 0.224. The van der Waals surface area contributed by atoms with Gasteiger partial charge in [-0.05, 0) is 72.7 Å². The van der Waals surface area contributed by atoms with Crippen molar-refractivity contribution in [2.45, 2.75) is 34.6 Å². The van der Waals surface area contributed by atoms with Gasteiger partial charge in [0, 0.05) is 5.90 Å². The Morgan fingerprint density at radius 1 is 0.518 bits per heavy atom. The maximum absolute atomic E-state index is 8.80. The summed E-state index contributed by atoms with van der Waals surface area (Å²) in [4.78, 5) is 0. The minimum Gasteiger partial charge on any atom is -0.512 e. The molecule has 0 atom stereocenters. The second-order valence-corrected chi connectivity index (χ2v) is 18.3. The van der Waals surface area contributed by atoms with Gasteiger partial charge in [0.05, 0.1) is 17.7 Å². The monoisotopic (exact) mass is 856 g/mol. The summed E-state index contributed by atoms with van der Waals surface area (Å²) < 4.78 is 0. The largest absolute Gasteiger partial charge is 3.00 e. The van der Waals surface area contributed by atoms with E-state index in [0.717, 1.165) is 29.6 Å². The van der Waals surface area contributed by atoms with Gasteiger partial charge in [-0.2, -0.15) is 16.6 Å². The zero-order valence-electron chi connectivity index (χ0n) is 32.6. The zero-order valence-corrected chi connectivity index (χ0v) is 36.2. The van der Waals surface area contributed by atoms with E-state index in [9.17, 15) is 0 Å². The Morgan fingerprint density at radius 3 is 1.04 bits per heavy atom. The molecule has 7 heteroatoms. The number of nitriles is 3. The molecule has 4 nitrogen and oxygen atoms in total. The summed E-state index contributed by atoms with van der Waals surface area (Å²) >= 11 is 0. The van der Waals surface area contributed by atoms with Crippen molar-refractivity contribution >= 4 is 42.6 Å². The van der Waals surface area contributed by atoms with Crippen LogP contribution in [0.15, 0.2) is 163 Å². The third kappa shape index (κ3) is 13.6. The van der Waals surface area contributed by atoms with Crippen LogP contribution in [0.3, 0.4) is 0 Å². The Bertz CT molecular complexity index is 1850. The first-order chi connectivity index (χ1) is 26.8. The molecular formula is C49H48N4P2Ru+. The van der Waals surface area contributed by atoms with E-state index in [0.29, 0.717) is 11.1 Å². The van der Waals surface area contributed by atoms with Crippen LogP contribution in [0.5, 0.6) is 0 Å². The Morgan fingerprint density at radius 2 is 0.786 bits per heavy atom. The first-order valence-corrected chi connectivity index (χ1v) is 21.4. The summed E-state index contributed by atoms with van der Waals surface area (Å²) in [7, 11) is -0.817. The van der Waals surface area contributed by atoms with Crippen molar-refractivity contribution in [1.82, 2.24) is 0 Å². The number of rotatable bonds is 8. The van der Waals surface area contributed by atoms with Crippen molar-refractivity contribution in [2.75, 3.05) is 5.90 Å². The SMILES string of the molecule is CC1C(C)C(C)C(C)C1C.N#C[C-]=CC(=C(C#N)C#N)c1ccccc1.[C-]#N.[Ru+3].c1ccc(P(CP(c2ccccc2)c2ccccc2)c2ccccc2)cc1. The number of hydrogen-bond acceptors (Lipinski definition) is 4. The van der Waals surface area contributed by atoms with Gasteiger partial charge in [-0.3, -0.25) is 0 Å². The molecule has 0 spiro atoms. The Labute approximate surface area is 351 Å². The topological polar surface area (TPSA) is 95.2 Å². The fourth-order valence-electron chi connectivity index (χ4n) is 6.76. The third-order valence-corrected chi connectivity index (χ3v) is 16.5. The van der Waals surface area contributed by atoms with Crippen LogP contribution in [-0.4, -0.2) is 5.90 Å². The molecule has 6 rings (SSSR count). The minimum absolute atomic E-state index is 0. The van der Waals surface area contributed by atoms with E-state index in [4.69, 9.17) is 27.6 Å². The summed E-state index contributed by atoms with van der Waals surface area (Å²) in [6.45, 7) is 16.7. The molecular weight excluding hydrogens is 808 g/mol. The molecule has 1 aliphatic rings. The third-order valence-electron chi connectivity index (χ3n) is 10.6. The maximum Gasteiger partial charge on any atom is 3.00 e. The molecule has 1 radical (unpaired) electrons. The van der Waals surface area contributed by atoms with Crippen molar-refractivity contribution in [2.24, 2.45) is 29.6 Å². The fourth-order valence-corrected chi connectivity index (χ4v) is 13.2. The molecule has 0 aromatic heterocycles. The molecule has 0 heterocycles.